The third-order valence-corrected chi connectivity index (χ3v) is 4.17. The van der Waals surface area contributed by atoms with Gasteiger partial charge in [0.15, 0.2) is 5.82 Å². The second-order valence-electron chi connectivity index (χ2n) is 4.85. The van der Waals surface area contributed by atoms with E-state index in [-0.39, 0.29) is 0 Å². The molecule has 2 aromatic heterocycles. The van der Waals surface area contributed by atoms with Gasteiger partial charge in [0, 0.05) is 12.3 Å². The van der Waals surface area contributed by atoms with Gasteiger partial charge in [0.1, 0.15) is 11.5 Å². The summed E-state index contributed by atoms with van der Waals surface area (Å²) in [4.78, 5) is 6.93. The van der Waals surface area contributed by atoms with Gasteiger partial charge in [-0.15, -0.1) is 0 Å². The molecule has 0 fully saturated rings. The average Bonchev–Trinajstić information content (AvgIpc) is 3.08. The van der Waals surface area contributed by atoms with Gasteiger partial charge in [0.25, 0.3) is 0 Å². The largest absolute Gasteiger partial charge is 0.464 e. The van der Waals surface area contributed by atoms with Crippen LogP contribution in [0.4, 0.5) is 11.6 Å². The summed E-state index contributed by atoms with van der Waals surface area (Å²) in [5.41, 5.74) is 2.69. The van der Waals surface area contributed by atoms with Crippen molar-refractivity contribution in [2.24, 2.45) is 0 Å². The molecule has 0 aliphatic carbocycles. The van der Waals surface area contributed by atoms with E-state index in [0.29, 0.717) is 5.82 Å². The molecule has 122 valence electrons. The Balaban J connectivity index is 1.64. The smallest absolute Gasteiger partial charge is 0.207 e. The van der Waals surface area contributed by atoms with Crippen molar-refractivity contribution in [1.82, 2.24) is 13.6 Å². The van der Waals surface area contributed by atoms with Crippen molar-refractivity contribution in [3.8, 4) is 0 Å². The standard InChI is InChI=1S/C13H21N5O2S2/c1-18(2)8-10-4-5-11(20-10)9-21-7-6-14-12-13(15-19-3)17-22-16-12/h4-5H,6-9H2,1-3H3,(H,14,16)(H,15,17). The Morgan fingerprint density at radius 1 is 1.27 bits per heavy atom. The zero-order valence-corrected chi connectivity index (χ0v) is 14.6. The Morgan fingerprint density at radius 3 is 2.82 bits per heavy atom. The van der Waals surface area contributed by atoms with Crippen LogP contribution in [0, 0.1) is 0 Å². The van der Waals surface area contributed by atoms with Gasteiger partial charge in [0.05, 0.1) is 31.1 Å². The maximum atomic E-state index is 5.77. The highest BCUT2D eigenvalue weighted by molar-refractivity contribution is 7.98. The molecule has 0 amide bonds. The van der Waals surface area contributed by atoms with E-state index < -0.39 is 0 Å². The molecule has 0 aliphatic rings. The number of nitrogens with zero attached hydrogens (tertiary/aromatic N) is 3. The van der Waals surface area contributed by atoms with Crippen molar-refractivity contribution < 1.29 is 9.25 Å². The van der Waals surface area contributed by atoms with E-state index >= 15 is 0 Å². The highest BCUT2D eigenvalue weighted by atomic mass is 32.2. The van der Waals surface area contributed by atoms with Crippen molar-refractivity contribution >= 4 is 35.1 Å². The molecule has 2 N–H and O–H groups in total. The minimum Gasteiger partial charge on any atom is -0.464 e. The summed E-state index contributed by atoms with van der Waals surface area (Å²) in [6.07, 6.45) is 0. The molecular weight excluding hydrogens is 322 g/mol. The van der Waals surface area contributed by atoms with Gasteiger partial charge in [-0.25, -0.2) is 5.48 Å². The molecule has 0 unspecified atom stereocenters. The Labute approximate surface area is 138 Å². The summed E-state index contributed by atoms with van der Waals surface area (Å²) in [7, 11) is 5.61. The monoisotopic (exact) mass is 343 g/mol. The molecule has 7 nitrogen and oxygen atoms in total. The Kier molecular flexibility index (Phi) is 6.97. The number of aromatic nitrogens is 2. The lowest BCUT2D eigenvalue weighted by Gasteiger charge is -2.06. The maximum Gasteiger partial charge on any atom is 0.207 e. The minimum absolute atomic E-state index is 0.622. The lowest BCUT2D eigenvalue weighted by Crippen LogP contribution is -2.09. The minimum atomic E-state index is 0.622. The number of hydrogen-bond acceptors (Lipinski definition) is 9. The molecule has 2 heterocycles. The fraction of sp³-hybridized carbons (Fsp3) is 0.538. The van der Waals surface area contributed by atoms with Gasteiger partial charge in [-0.1, -0.05) is 0 Å². The molecule has 0 aliphatic heterocycles. The number of anilines is 2. The highest BCUT2D eigenvalue weighted by Crippen LogP contribution is 2.19. The first-order valence-electron chi connectivity index (χ1n) is 6.84. The van der Waals surface area contributed by atoms with E-state index in [0.717, 1.165) is 53.7 Å². The van der Waals surface area contributed by atoms with Gasteiger partial charge in [-0.2, -0.15) is 20.5 Å². The van der Waals surface area contributed by atoms with E-state index in [9.17, 15) is 0 Å². The molecule has 0 saturated heterocycles. The van der Waals surface area contributed by atoms with Crippen molar-refractivity contribution in [3.05, 3.63) is 23.7 Å². The van der Waals surface area contributed by atoms with E-state index in [2.05, 4.69) is 24.4 Å². The van der Waals surface area contributed by atoms with Crippen LogP contribution in [0.1, 0.15) is 11.5 Å². The lowest BCUT2D eigenvalue weighted by molar-refractivity contribution is 0.270. The maximum absolute atomic E-state index is 5.77. The summed E-state index contributed by atoms with van der Waals surface area (Å²) >= 11 is 2.96. The molecule has 2 aromatic rings. The Hall–Kier alpha value is -1.29. The Morgan fingerprint density at radius 2 is 2.05 bits per heavy atom. The van der Waals surface area contributed by atoms with Gasteiger partial charge in [-0.05, 0) is 26.2 Å². The molecule has 0 aromatic carbocycles. The zero-order chi connectivity index (χ0) is 15.8. The molecule has 0 atom stereocenters. The quantitative estimate of drug-likeness (QED) is 0.503. The van der Waals surface area contributed by atoms with E-state index in [1.165, 1.54) is 0 Å². The van der Waals surface area contributed by atoms with E-state index in [4.69, 9.17) is 9.25 Å². The van der Waals surface area contributed by atoms with E-state index in [1.54, 1.807) is 7.11 Å². The van der Waals surface area contributed by atoms with Crippen LogP contribution in [-0.4, -0.2) is 47.1 Å². The first kappa shape index (κ1) is 17.1. The SMILES string of the molecule is CONc1nsnc1NCCSCc1ccc(CN(C)C)o1. The van der Waals surface area contributed by atoms with Crippen LogP contribution in [-0.2, 0) is 17.1 Å². The number of nitrogens with one attached hydrogen (secondary N) is 2. The summed E-state index contributed by atoms with van der Waals surface area (Å²) < 4.78 is 14.0. The summed E-state index contributed by atoms with van der Waals surface area (Å²) in [5, 5.41) is 3.23. The number of thioether (sulfide) groups is 1. The van der Waals surface area contributed by atoms with Gasteiger partial charge in [0.2, 0.25) is 5.82 Å². The number of furan rings is 1. The van der Waals surface area contributed by atoms with Crippen LogP contribution in [0.25, 0.3) is 0 Å². The topological polar surface area (TPSA) is 75.5 Å². The molecule has 22 heavy (non-hydrogen) atoms. The van der Waals surface area contributed by atoms with Gasteiger partial charge < -0.3 is 14.6 Å². The number of rotatable bonds is 10. The third-order valence-electron chi connectivity index (χ3n) is 2.66. The summed E-state index contributed by atoms with van der Waals surface area (Å²) in [5.74, 6) is 5.18. The first-order valence-corrected chi connectivity index (χ1v) is 8.73. The van der Waals surface area contributed by atoms with Gasteiger partial charge in [-0.3, -0.25) is 4.84 Å². The van der Waals surface area contributed by atoms with Gasteiger partial charge >= 0.3 is 0 Å². The predicted molar refractivity (Wildman–Crippen MR) is 91.3 cm³/mol. The van der Waals surface area contributed by atoms with Crippen LogP contribution < -0.4 is 10.8 Å². The molecule has 0 radical (unpaired) electrons. The molecular formula is C13H21N5O2S2. The summed E-state index contributed by atoms with van der Waals surface area (Å²) in [6, 6.07) is 4.09. The van der Waals surface area contributed by atoms with Crippen molar-refractivity contribution in [3.63, 3.8) is 0 Å². The third kappa shape index (κ3) is 5.48. The fourth-order valence-corrected chi connectivity index (χ4v) is 3.01. The Bertz CT molecular complexity index is 558. The highest BCUT2D eigenvalue weighted by Gasteiger charge is 2.07. The molecule has 0 bridgehead atoms. The van der Waals surface area contributed by atoms with Crippen LogP contribution >= 0.6 is 23.5 Å². The van der Waals surface area contributed by atoms with Crippen molar-refractivity contribution in [1.29, 1.82) is 0 Å². The lowest BCUT2D eigenvalue weighted by atomic mass is 10.4. The second-order valence-corrected chi connectivity index (χ2v) is 6.49. The predicted octanol–water partition coefficient (Wildman–Crippen LogP) is 2.51. The number of hydrogen-bond donors (Lipinski definition) is 2. The first-order chi connectivity index (χ1) is 10.7. The average molecular weight is 343 g/mol. The second kappa shape index (κ2) is 8.99. The normalized spacial score (nSPS) is 11.1. The molecule has 0 saturated carbocycles. The fourth-order valence-electron chi connectivity index (χ4n) is 1.78. The van der Waals surface area contributed by atoms with Crippen molar-refractivity contribution in [2.45, 2.75) is 12.3 Å². The van der Waals surface area contributed by atoms with Crippen molar-refractivity contribution in [2.75, 3.05) is 44.3 Å². The molecule has 0 spiro atoms. The van der Waals surface area contributed by atoms with E-state index in [1.807, 2.05) is 38.0 Å². The van der Waals surface area contributed by atoms with Crippen LogP contribution in [0.2, 0.25) is 0 Å². The molecule has 9 heteroatoms. The van der Waals surface area contributed by atoms with Crippen LogP contribution in [0.3, 0.4) is 0 Å². The van der Waals surface area contributed by atoms with Crippen LogP contribution in [0.5, 0.6) is 0 Å². The summed E-state index contributed by atoms with van der Waals surface area (Å²) in [6.45, 7) is 1.64. The van der Waals surface area contributed by atoms with Crippen LogP contribution in [0.15, 0.2) is 16.5 Å². The molecule has 2 rings (SSSR count). The zero-order valence-electron chi connectivity index (χ0n) is 13.0.